The quantitative estimate of drug-likeness (QED) is 0.620. The molecule has 54 valence electrons. The van der Waals surface area contributed by atoms with Gasteiger partial charge in [-0.2, -0.15) is 0 Å². The largest absolute Gasteiger partial charge is 0.480 e. The van der Waals surface area contributed by atoms with E-state index in [9.17, 15) is 0 Å². The summed E-state index contributed by atoms with van der Waals surface area (Å²) in [6, 6.07) is 0. The molecule has 1 aliphatic heterocycles. The number of aliphatic hydroxyl groups is 1. The number of rotatable bonds is 2. The van der Waals surface area contributed by atoms with E-state index in [1.54, 1.807) is 12.2 Å². The van der Waals surface area contributed by atoms with E-state index in [0.717, 1.165) is 4.91 Å². The van der Waals surface area contributed by atoms with Gasteiger partial charge < -0.3 is 9.84 Å². The van der Waals surface area contributed by atoms with Crippen molar-refractivity contribution in [3.8, 4) is 5.18 Å². The van der Waals surface area contributed by atoms with Gasteiger partial charge in [0, 0.05) is 0 Å². The molecule has 0 radical (unpaired) electrons. The van der Waals surface area contributed by atoms with Crippen LogP contribution in [0.2, 0.25) is 0 Å². The Morgan fingerprint density at radius 2 is 2.70 bits per heavy atom. The van der Waals surface area contributed by atoms with Crippen LogP contribution in [0.15, 0.2) is 23.0 Å². The van der Waals surface area contributed by atoms with Crippen molar-refractivity contribution < 1.29 is 9.84 Å². The SMILES string of the molecule is CCO/C(O)=C1/C=CC#S1. The van der Waals surface area contributed by atoms with Crippen LogP contribution in [0.3, 0.4) is 0 Å². The molecule has 3 heteroatoms. The highest BCUT2D eigenvalue weighted by atomic mass is 32.1. The molecule has 0 bridgehead atoms. The highest BCUT2D eigenvalue weighted by Crippen LogP contribution is 2.16. The van der Waals surface area contributed by atoms with Crippen LogP contribution in [0.25, 0.3) is 0 Å². The standard InChI is InChI=1S/C7H8O2S/c1-2-9-7(8)6-4-3-5-10-6/h3-4,8H,2H2,1H3/b7-6-. The summed E-state index contributed by atoms with van der Waals surface area (Å²) in [7, 11) is 0. The normalized spacial score (nSPS) is 18.9. The molecular formula is C7H8O2S. The zero-order valence-corrected chi connectivity index (χ0v) is 6.44. The Morgan fingerprint density at radius 1 is 1.90 bits per heavy atom. The average molecular weight is 156 g/mol. The molecule has 1 rings (SSSR count). The molecule has 10 heavy (non-hydrogen) atoms. The van der Waals surface area contributed by atoms with Crippen molar-refractivity contribution in [1.82, 2.24) is 0 Å². The van der Waals surface area contributed by atoms with Crippen LogP contribution in [0.4, 0.5) is 0 Å². The lowest BCUT2D eigenvalue weighted by Gasteiger charge is -1.99. The summed E-state index contributed by atoms with van der Waals surface area (Å²) in [5, 5.41) is 11.9. The topological polar surface area (TPSA) is 29.5 Å². The summed E-state index contributed by atoms with van der Waals surface area (Å²) in [5.41, 5.74) is 0. The van der Waals surface area contributed by atoms with Crippen LogP contribution in [-0.2, 0) is 4.74 Å². The monoisotopic (exact) mass is 156 g/mol. The molecule has 0 unspecified atom stereocenters. The van der Waals surface area contributed by atoms with Crippen molar-refractivity contribution >= 4 is 11.2 Å². The number of hydrogen-bond acceptors (Lipinski definition) is 2. The van der Waals surface area contributed by atoms with Gasteiger partial charge in [0.2, 0.25) is 0 Å². The van der Waals surface area contributed by atoms with Gasteiger partial charge in [-0.05, 0) is 19.1 Å². The van der Waals surface area contributed by atoms with Gasteiger partial charge in [0.25, 0.3) is 5.95 Å². The Kier molecular flexibility index (Phi) is 2.37. The second-order valence-electron chi connectivity index (χ2n) is 1.66. The van der Waals surface area contributed by atoms with Gasteiger partial charge >= 0.3 is 0 Å². The fourth-order valence-corrected chi connectivity index (χ4v) is 1.11. The molecule has 0 atom stereocenters. The lowest BCUT2D eigenvalue weighted by atomic mass is 10.5. The molecule has 0 saturated heterocycles. The van der Waals surface area contributed by atoms with Crippen molar-refractivity contribution in [2.75, 3.05) is 6.61 Å². The van der Waals surface area contributed by atoms with E-state index >= 15 is 0 Å². The van der Waals surface area contributed by atoms with Crippen LogP contribution >= 0.6 is 11.2 Å². The van der Waals surface area contributed by atoms with E-state index in [2.05, 4.69) is 5.18 Å². The third-order valence-electron chi connectivity index (χ3n) is 0.963. The van der Waals surface area contributed by atoms with E-state index in [-0.39, 0.29) is 5.95 Å². The average Bonchev–Trinajstić information content (AvgIpc) is 2.38. The van der Waals surface area contributed by atoms with Gasteiger partial charge in [0.15, 0.2) is 0 Å². The molecule has 0 aromatic rings. The first-order valence-electron chi connectivity index (χ1n) is 2.99. The molecule has 0 spiro atoms. The first-order chi connectivity index (χ1) is 4.84. The Labute approximate surface area is 63.4 Å². The maximum absolute atomic E-state index is 9.09. The summed E-state index contributed by atoms with van der Waals surface area (Å²) in [6.45, 7) is 2.32. The Bertz CT molecular complexity index is 242. The molecule has 0 saturated carbocycles. The molecule has 1 aliphatic rings. The maximum atomic E-state index is 9.09. The minimum absolute atomic E-state index is 0.00579. The van der Waals surface area contributed by atoms with Gasteiger partial charge in [-0.25, -0.2) is 0 Å². The van der Waals surface area contributed by atoms with Gasteiger partial charge in [0.1, 0.15) is 4.91 Å². The second kappa shape index (κ2) is 3.30. The maximum Gasteiger partial charge on any atom is 0.295 e. The zero-order chi connectivity index (χ0) is 7.40. The van der Waals surface area contributed by atoms with E-state index in [4.69, 9.17) is 9.84 Å². The first-order valence-corrected chi connectivity index (χ1v) is 3.81. The number of aliphatic hydroxyl groups excluding tert-OH is 1. The van der Waals surface area contributed by atoms with E-state index in [1.807, 2.05) is 6.92 Å². The summed E-state index contributed by atoms with van der Waals surface area (Å²) < 4.78 is 4.85. The summed E-state index contributed by atoms with van der Waals surface area (Å²) in [4.78, 5) is 0.724. The third-order valence-corrected chi connectivity index (χ3v) is 1.75. The van der Waals surface area contributed by atoms with Crippen molar-refractivity contribution in [3.63, 3.8) is 0 Å². The lowest BCUT2D eigenvalue weighted by molar-refractivity contribution is 0.102. The Morgan fingerprint density at radius 3 is 3.20 bits per heavy atom. The van der Waals surface area contributed by atoms with Crippen molar-refractivity contribution in [2.45, 2.75) is 6.92 Å². The van der Waals surface area contributed by atoms with E-state index < -0.39 is 0 Å². The predicted molar refractivity (Wildman–Crippen MR) is 41.9 cm³/mol. The Hall–Kier alpha value is -0.920. The summed E-state index contributed by atoms with van der Waals surface area (Å²) in [6.07, 6.45) is 3.50. The van der Waals surface area contributed by atoms with E-state index in [1.165, 1.54) is 11.2 Å². The van der Waals surface area contributed by atoms with Crippen LogP contribution in [0.5, 0.6) is 0 Å². The zero-order valence-electron chi connectivity index (χ0n) is 5.63. The predicted octanol–water partition coefficient (Wildman–Crippen LogP) is 2.01. The van der Waals surface area contributed by atoms with E-state index in [0.29, 0.717) is 6.61 Å². The third kappa shape index (κ3) is 1.53. The number of allylic oxidation sites excluding steroid dienone is 2. The van der Waals surface area contributed by atoms with Gasteiger partial charge in [-0.15, -0.1) is 0 Å². The van der Waals surface area contributed by atoms with Crippen molar-refractivity contribution in [1.29, 1.82) is 0 Å². The molecule has 0 aromatic heterocycles. The summed E-state index contributed by atoms with van der Waals surface area (Å²) in [5.74, 6) is -0.00579. The fourth-order valence-electron chi connectivity index (χ4n) is 0.564. The molecule has 0 aliphatic carbocycles. The molecular weight excluding hydrogens is 148 g/mol. The molecule has 1 N–H and O–H groups in total. The van der Waals surface area contributed by atoms with Crippen LogP contribution in [-0.4, -0.2) is 11.7 Å². The minimum Gasteiger partial charge on any atom is -0.480 e. The van der Waals surface area contributed by atoms with Crippen molar-refractivity contribution in [3.05, 3.63) is 23.0 Å². The molecule has 2 nitrogen and oxygen atoms in total. The highest BCUT2D eigenvalue weighted by molar-refractivity contribution is 7.93. The second-order valence-corrected chi connectivity index (χ2v) is 2.54. The first kappa shape index (κ1) is 7.19. The van der Waals surface area contributed by atoms with Crippen LogP contribution < -0.4 is 0 Å². The summed E-state index contributed by atoms with van der Waals surface area (Å²) >= 11 is 1.33. The lowest BCUT2D eigenvalue weighted by Crippen LogP contribution is -1.90. The highest BCUT2D eigenvalue weighted by Gasteiger charge is 2.01. The number of hydrogen-bond donors (Lipinski definition) is 1. The molecule has 1 heterocycles. The van der Waals surface area contributed by atoms with Crippen LogP contribution in [0, 0.1) is 5.18 Å². The van der Waals surface area contributed by atoms with Crippen molar-refractivity contribution in [2.24, 2.45) is 0 Å². The smallest absolute Gasteiger partial charge is 0.295 e. The molecule has 0 amide bonds. The van der Waals surface area contributed by atoms with Gasteiger partial charge in [-0.3, -0.25) is 0 Å². The minimum atomic E-state index is -0.00579. The fraction of sp³-hybridized carbons (Fsp3) is 0.286. The van der Waals surface area contributed by atoms with Gasteiger partial charge in [-0.1, -0.05) is 16.4 Å². The molecule has 0 fully saturated rings. The Balaban J connectivity index is 2.70. The van der Waals surface area contributed by atoms with Gasteiger partial charge in [0.05, 0.1) is 6.61 Å². The van der Waals surface area contributed by atoms with Crippen LogP contribution in [0.1, 0.15) is 6.92 Å². The molecule has 0 aromatic carbocycles. The number of ether oxygens (including phenoxy) is 1.